The lowest BCUT2D eigenvalue weighted by molar-refractivity contribution is -0.107. The van der Waals surface area contributed by atoms with Crippen molar-refractivity contribution in [3.05, 3.63) is 28.2 Å². The molecule has 1 aromatic carbocycles. The number of rotatable bonds is 8. The second kappa shape index (κ2) is 8.23. The monoisotopic (exact) mass is 331 g/mol. The standard InChI is InChI=1S/C16H23Cl2NO2/c1-3-7-19-13-10-15(16(13)20-8-4-2)21-14-9-11(17)5-6-12(14)18/h5-6,9,13,15-16,19H,3-4,7-8,10H2,1-2H3. The van der Waals surface area contributed by atoms with Crippen molar-refractivity contribution in [3.8, 4) is 5.75 Å². The Balaban J connectivity index is 1.96. The lowest BCUT2D eigenvalue weighted by atomic mass is 9.85. The zero-order valence-electron chi connectivity index (χ0n) is 12.6. The first-order chi connectivity index (χ1) is 10.2. The van der Waals surface area contributed by atoms with Crippen LogP contribution in [0, 0.1) is 0 Å². The van der Waals surface area contributed by atoms with Gasteiger partial charge in [0.1, 0.15) is 18.0 Å². The minimum absolute atomic E-state index is 0.0295. The maximum Gasteiger partial charge on any atom is 0.139 e. The van der Waals surface area contributed by atoms with E-state index in [9.17, 15) is 0 Å². The summed E-state index contributed by atoms with van der Waals surface area (Å²) in [4.78, 5) is 0. The van der Waals surface area contributed by atoms with Gasteiger partial charge in [0.2, 0.25) is 0 Å². The van der Waals surface area contributed by atoms with Crippen molar-refractivity contribution in [2.75, 3.05) is 13.2 Å². The Kier molecular flexibility index (Phi) is 6.62. The van der Waals surface area contributed by atoms with E-state index >= 15 is 0 Å². The molecule has 1 fully saturated rings. The van der Waals surface area contributed by atoms with Crippen LogP contribution < -0.4 is 10.1 Å². The van der Waals surface area contributed by atoms with Gasteiger partial charge in [0.15, 0.2) is 0 Å². The van der Waals surface area contributed by atoms with Crippen LogP contribution in [-0.4, -0.2) is 31.4 Å². The Hall–Kier alpha value is -0.480. The van der Waals surface area contributed by atoms with E-state index in [0.29, 0.717) is 21.8 Å². The summed E-state index contributed by atoms with van der Waals surface area (Å²) in [7, 11) is 0. The third kappa shape index (κ3) is 4.49. The zero-order chi connectivity index (χ0) is 15.2. The lowest BCUT2D eigenvalue weighted by Gasteiger charge is -2.44. The maximum atomic E-state index is 6.15. The number of nitrogens with one attached hydrogen (secondary N) is 1. The molecule has 0 aliphatic heterocycles. The molecule has 0 heterocycles. The molecule has 0 spiro atoms. The lowest BCUT2D eigenvalue weighted by Crippen LogP contribution is -2.61. The van der Waals surface area contributed by atoms with Crippen LogP contribution in [0.2, 0.25) is 10.0 Å². The minimum Gasteiger partial charge on any atom is -0.486 e. The molecule has 5 heteroatoms. The molecule has 1 aliphatic carbocycles. The summed E-state index contributed by atoms with van der Waals surface area (Å²) in [6.45, 7) is 6.02. The van der Waals surface area contributed by atoms with E-state index in [0.717, 1.165) is 32.4 Å². The van der Waals surface area contributed by atoms with Crippen molar-refractivity contribution < 1.29 is 9.47 Å². The first-order valence-corrected chi connectivity index (χ1v) is 8.38. The summed E-state index contributed by atoms with van der Waals surface area (Å²) in [5.74, 6) is 0.633. The fourth-order valence-electron chi connectivity index (χ4n) is 2.43. The van der Waals surface area contributed by atoms with E-state index in [1.54, 1.807) is 18.2 Å². The van der Waals surface area contributed by atoms with E-state index in [4.69, 9.17) is 32.7 Å². The predicted molar refractivity (Wildman–Crippen MR) is 87.6 cm³/mol. The highest BCUT2D eigenvalue weighted by molar-refractivity contribution is 6.34. The van der Waals surface area contributed by atoms with Crippen molar-refractivity contribution >= 4 is 23.2 Å². The van der Waals surface area contributed by atoms with E-state index in [2.05, 4.69) is 19.2 Å². The number of ether oxygens (including phenoxy) is 2. The highest BCUT2D eigenvalue weighted by Gasteiger charge is 2.43. The van der Waals surface area contributed by atoms with Gasteiger partial charge in [-0.25, -0.2) is 0 Å². The fourth-order valence-corrected chi connectivity index (χ4v) is 2.76. The van der Waals surface area contributed by atoms with Crippen LogP contribution in [0.3, 0.4) is 0 Å². The Morgan fingerprint density at radius 3 is 2.76 bits per heavy atom. The number of benzene rings is 1. The Morgan fingerprint density at radius 2 is 2.05 bits per heavy atom. The van der Waals surface area contributed by atoms with Gasteiger partial charge < -0.3 is 14.8 Å². The molecule has 0 saturated heterocycles. The quantitative estimate of drug-likeness (QED) is 0.770. The summed E-state index contributed by atoms with van der Waals surface area (Å²) in [6.07, 6.45) is 3.15. The molecular weight excluding hydrogens is 309 g/mol. The summed E-state index contributed by atoms with van der Waals surface area (Å²) in [6, 6.07) is 5.63. The van der Waals surface area contributed by atoms with Gasteiger partial charge in [-0.15, -0.1) is 0 Å². The third-order valence-electron chi connectivity index (χ3n) is 3.59. The Bertz CT molecular complexity index is 456. The fraction of sp³-hybridized carbons (Fsp3) is 0.625. The van der Waals surface area contributed by atoms with Crippen LogP contribution in [0.5, 0.6) is 5.75 Å². The molecule has 21 heavy (non-hydrogen) atoms. The van der Waals surface area contributed by atoms with Crippen LogP contribution >= 0.6 is 23.2 Å². The summed E-state index contributed by atoms with van der Waals surface area (Å²) >= 11 is 12.1. The molecule has 3 unspecified atom stereocenters. The number of hydrogen-bond donors (Lipinski definition) is 1. The van der Waals surface area contributed by atoms with Gasteiger partial charge in [-0.2, -0.15) is 0 Å². The number of halogens is 2. The Labute approximate surface area is 136 Å². The molecule has 1 saturated carbocycles. The summed E-state index contributed by atoms with van der Waals surface area (Å²) in [5, 5.41) is 4.71. The first-order valence-electron chi connectivity index (χ1n) is 7.62. The van der Waals surface area contributed by atoms with Crippen molar-refractivity contribution in [3.63, 3.8) is 0 Å². The minimum atomic E-state index is 0.0295. The van der Waals surface area contributed by atoms with Gasteiger partial charge in [0, 0.05) is 30.2 Å². The van der Waals surface area contributed by atoms with Crippen molar-refractivity contribution in [2.24, 2.45) is 0 Å². The SMILES string of the molecule is CCCNC1CC(Oc2cc(Cl)ccc2Cl)C1OCCC. The third-order valence-corrected chi connectivity index (χ3v) is 4.14. The largest absolute Gasteiger partial charge is 0.486 e. The van der Waals surface area contributed by atoms with E-state index in [-0.39, 0.29) is 12.2 Å². The molecule has 0 radical (unpaired) electrons. The van der Waals surface area contributed by atoms with Gasteiger partial charge >= 0.3 is 0 Å². The smallest absolute Gasteiger partial charge is 0.139 e. The molecule has 1 aliphatic rings. The second-order valence-corrected chi connectivity index (χ2v) is 6.21. The molecule has 0 bridgehead atoms. The van der Waals surface area contributed by atoms with Crippen molar-refractivity contribution in [2.45, 2.75) is 51.4 Å². The van der Waals surface area contributed by atoms with Crippen LogP contribution in [-0.2, 0) is 4.74 Å². The predicted octanol–water partition coefficient (Wildman–Crippen LogP) is 4.31. The van der Waals surface area contributed by atoms with Crippen molar-refractivity contribution in [1.29, 1.82) is 0 Å². The van der Waals surface area contributed by atoms with Gasteiger partial charge in [0.05, 0.1) is 5.02 Å². The zero-order valence-corrected chi connectivity index (χ0v) is 14.1. The van der Waals surface area contributed by atoms with Crippen LogP contribution in [0.25, 0.3) is 0 Å². The molecule has 2 rings (SSSR count). The van der Waals surface area contributed by atoms with E-state index in [1.807, 2.05) is 0 Å². The number of hydrogen-bond acceptors (Lipinski definition) is 3. The highest BCUT2D eigenvalue weighted by Crippen LogP contribution is 2.34. The van der Waals surface area contributed by atoms with Crippen molar-refractivity contribution in [1.82, 2.24) is 5.32 Å². The molecule has 0 amide bonds. The van der Waals surface area contributed by atoms with E-state index < -0.39 is 0 Å². The van der Waals surface area contributed by atoms with Gasteiger partial charge in [0.25, 0.3) is 0 Å². The molecule has 1 aromatic rings. The van der Waals surface area contributed by atoms with Crippen LogP contribution in [0.4, 0.5) is 0 Å². The average molecular weight is 332 g/mol. The normalized spacial score (nSPS) is 24.7. The van der Waals surface area contributed by atoms with Crippen LogP contribution in [0.15, 0.2) is 18.2 Å². The molecule has 1 N–H and O–H groups in total. The highest BCUT2D eigenvalue weighted by atomic mass is 35.5. The van der Waals surface area contributed by atoms with Gasteiger partial charge in [-0.3, -0.25) is 0 Å². The molecule has 0 aromatic heterocycles. The average Bonchev–Trinajstić information content (AvgIpc) is 2.46. The molecule has 3 atom stereocenters. The van der Waals surface area contributed by atoms with Crippen LogP contribution in [0.1, 0.15) is 33.1 Å². The topological polar surface area (TPSA) is 30.5 Å². The summed E-state index contributed by atoms with van der Waals surface area (Å²) < 4.78 is 11.9. The second-order valence-electron chi connectivity index (χ2n) is 5.36. The maximum absolute atomic E-state index is 6.15. The molecular formula is C16H23Cl2NO2. The molecule has 118 valence electrons. The first kappa shape index (κ1) is 16.9. The van der Waals surface area contributed by atoms with Gasteiger partial charge in [-0.05, 0) is 31.5 Å². The Morgan fingerprint density at radius 1 is 1.24 bits per heavy atom. The summed E-state index contributed by atoms with van der Waals surface area (Å²) in [5.41, 5.74) is 0. The van der Waals surface area contributed by atoms with E-state index in [1.165, 1.54) is 0 Å². The molecule has 3 nitrogen and oxygen atoms in total. The van der Waals surface area contributed by atoms with Gasteiger partial charge in [-0.1, -0.05) is 37.0 Å².